The van der Waals surface area contributed by atoms with Gasteiger partial charge in [0.1, 0.15) is 17.4 Å². The number of fused-ring (bicyclic) bond motifs is 1. The van der Waals surface area contributed by atoms with E-state index in [0.29, 0.717) is 23.4 Å². The van der Waals surface area contributed by atoms with Gasteiger partial charge >= 0.3 is 0 Å². The van der Waals surface area contributed by atoms with Gasteiger partial charge in [0.15, 0.2) is 0 Å². The van der Waals surface area contributed by atoms with Crippen LogP contribution in [0.3, 0.4) is 0 Å². The van der Waals surface area contributed by atoms with Crippen LogP contribution < -0.4 is 5.32 Å². The monoisotopic (exact) mass is 361 g/mol. The Morgan fingerprint density at radius 3 is 2.80 bits per heavy atom. The largest absolute Gasteiger partial charge is 0.508 e. The molecule has 1 amide bonds. The Balaban J connectivity index is 2.13. The van der Waals surface area contributed by atoms with Crippen LogP contribution in [-0.2, 0) is 11.3 Å². The number of aromatic nitrogens is 2. The molecule has 1 atom stereocenters. The molecule has 1 heterocycles. The van der Waals surface area contributed by atoms with E-state index in [2.05, 4.69) is 10.3 Å². The molecule has 2 N–H and O–H groups in total. The molecule has 0 fully saturated rings. The molecule has 0 aliphatic heterocycles. The number of imidazole rings is 1. The molecule has 0 aliphatic rings. The third-order valence-corrected chi connectivity index (χ3v) is 4.11. The van der Waals surface area contributed by atoms with Crippen molar-refractivity contribution in [1.29, 1.82) is 0 Å². The van der Waals surface area contributed by atoms with Gasteiger partial charge in [-0.2, -0.15) is 0 Å². The minimum atomic E-state index is -0.502. The predicted molar refractivity (Wildman–Crippen MR) is 95.1 cm³/mol. The van der Waals surface area contributed by atoms with E-state index < -0.39 is 5.82 Å². The zero-order valence-electron chi connectivity index (χ0n) is 13.8. The Bertz CT molecular complexity index is 955. The van der Waals surface area contributed by atoms with Gasteiger partial charge in [-0.15, -0.1) is 0 Å². The summed E-state index contributed by atoms with van der Waals surface area (Å²) in [5.74, 6) is 0.0636. The van der Waals surface area contributed by atoms with E-state index in [-0.39, 0.29) is 22.7 Å². The topological polar surface area (TPSA) is 67.2 Å². The fourth-order valence-electron chi connectivity index (χ4n) is 2.83. The van der Waals surface area contributed by atoms with Gasteiger partial charge in [-0.05, 0) is 37.3 Å². The van der Waals surface area contributed by atoms with Crippen molar-refractivity contribution in [2.24, 2.45) is 0 Å². The van der Waals surface area contributed by atoms with Crippen LogP contribution in [0.25, 0.3) is 22.4 Å². The van der Waals surface area contributed by atoms with Gasteiger partial charge in [0.25, 0.3) is 0 Å². The summed E-state index contributed by atoms with van der Waals surface area (Å²) < 4.78 is 15.4. The van der Waals surface area contributed by atoms with Crippen LogP contribution >= 0.6 is 11.6 Å². The fraction of sp³-hybridized carbons (Fsp3) is 0.222. The van der Waals surface area contributed by atoms with Crippen molar-refractivity contribution in [3.63, 3.8) is 0 Å². The van der Waals surface area contributed by atoms with E-state index in [1.54, 1.807) is 24.3 Å². The van der Waals surface area contributed by atoms with E-state index in [4.69, 9.17) is 11.6 Å². The van der Waals surface area contributed by atoms with Gasteiger partial charge in [-0.1, -0.05) is 11.6 Å². The molecule has 1 aromatic heterocycles. The molecular weight excluding hydrogens is 345 g/mol. The Morgan fingerprint density at radius 2 is 2.12 bits per heavy atom. The summed E-state index contributed by atoms with van der Waals surface area (Å²) in [5, 5.41) is 12.5. The number of aromatic hydroxyl groups is 1. The molecule has 25 heavy (non-hydrogen) atoms. The smallest absolute Gasteiger partial charge is 0.217 e. The molecule has 0 saturated carbocycles. The number of phenols is 1. The minimum absolute atomic E-state index is 0.00821. The second-order valence-electron chi connectivity index (χ2n) is 5.95. The molecule has 5 nitrogen and oxygen atoms in total. The quantitative estimate of drug-likeness (QED) is 0.744. The van der Waals surface area contributed by atoms with Crippen LogP contribution in [-0.4, -0.2) is 26.6 Å². The highest BCUT2D eigenvalue weighted by molar-refractivity contribution is 6.31. The van der Waals surface area contributed by atoms with Crippen molar-refractivity contribution < 1.29 is 14.3 Å². The molecular formula is C18H17ClFN3O2. The lowest BCUT2D eigenvalue weighted by atomic mass is 10.2. The lowest BCUT2D eigenvalue weighted by Gasteiger charge is -2.16. The van der Waals surface area contributed by atoms with E-state index >= 15 is 0 Å². The van der Waals surface area contributed by atoms with Crippen molar-refractivity contribution in [3.05, 3.63) is 47.2 Å². The van der Waals surface area contributed by atoms with Crippen molar-refractivity contribution in [2.75, 3.05) is 0 Å². The van der Waals surface area contributed by atoms with Crippen LogP contribution in [0.2, 0.25) is 5.02 Å². The van der Waals surface area contributed by atoms with Gasteiger partial charge in [0.2, 0.25) is 5.91 Å². The highest BCUT2D eigenvalue weighted by Gasteiger charge is 2.17. The molecule has 0 bridgehead atoms. The number of carbonyl (C=O) groups excluding carboxylic acids is 1. The van der Waals surface area contributed by atoms with Gasteiger partial charge in [-0.3, -0.25) is 4.79 Å². The molecule has 0 spiro atoms. The normalized spacial score (nSPS) is 12.3. The van der Waals surface area contributed by atoms with Crippen LogP contribution in [0, 0.1) is 5.82 Å². The Kier molecular flexibility index (Phi) is 4.63. The van der Waals surface area contributed by atoms with E-state index in [9.17, 15) is 14.3 Å². The summed E-state index contributed by atoms with van der Waals surface area (Å²) in [4.78, 5) is 15.9. The number of benzene rings is 2. The summed E-state index contributed by atoms with van der Waals surface area (Å²) in [6.07, 6.45) is 0. The fourth-order valence-corrected chi connectivity index (χ4v) is 3.01. The van der Waals surface area contributed by atoms with Gasteiger partial charge < -0.3 is 15.0 Å². The maximum absolute atomic E-state index is 13.5. The zero-order valence-corrected chi connectivity index (χ0v) is 14.5. The third-order valence-electron chi connectivity index (χ3n) is 3.82. The number of amides is 1. The Morgan fingerprint density at radius 1 is 1.36 bits per heavy atom. The lowest BCUT2D eigenvalue weighted by Crippen LogP contribution is -2.34. The molecule has 130 valence electrons. The summed E-state index contributed by atoms with van der Waals surface area (Å²) in [6.45, 7) is 3.81. The SMILES string of the molecule is CC(=O)NC(C)Cn1c(-c2ccc(F)c(Cl)c2)nc2cc(O)ccc21. The first-order chi connectivity index (χ1) is 11.8. The van der Waals surface area contributed by atoms with Crippen molar-refractivity contribution >= 4 is 28.5 Å². The summed E-state index contributed by atoms with van der Waals surface area (Å²) in [7, 11) is 0. The summed E-state index contributed by atoms with van der Waals surface area (Å²) in [6, 6.07) is 9.15. The van der Waals surface area contributed by atoms with E-state index in [1.807, 2.05) is 11.5 Å². The third kappa shape index (κ3) is 3.58. The van der Waals surface area contributed by atoms with Crippen LogP contribution in [0.15, 0.2) is 36.4 Å². The number of nitrogens with one attached hydrogen (secondary N) is 1. The number of phenolic OH excluding ortho intramolecular Hbond substituents is 1. The summed E-state index contributed by atoms with van der Waals surface area (Å²) >= 11 is 5.91. The second-order valence-corrected chi connectivity index (χ2v) is 6.36. The molecule has 2 aromatic carbocycles. The van der Waals surface area contributed by atoms with Crippen molar-refractivity contribution in [3.8, 4) is 17.1 Å². The van der Waals surface area contributed by atoms with Gasteiger partial charge in [-0.25, -0.2) is 9.37 Å². The Labute approximate surface area is 149 Å². The lowest BCUT2D eigenvalue weighted by molar-refractivity contribution is -0.119. The highest BCUT2D eigenvalue weighted by atomic mass is 35.5. The van der Waals surface area contributed by atoms with Crippen LogP contribution in [0.5, 0.6) is 5.75 Å². The van der Waals surface area contributed by atoms with Crippen molar-refractivity contribution in [2.45, 2.75) is 26.4 Å². The molecule has 0 saturated heterocycles. The van der Waals surface area contributed by atoms with Gasteiger partial charge in [0, 0.05) is 31.1 Å². The summed E-state index contributed by atoms with van der Waals surface area (Å²) in [5.41, 5.74) is 2.05. The van der Waals surface area contributed by atoms with Crippen molar-refractivity contribution in [1.82, 2.24) is 14.9 Å². The number of hydrogen-bond acceptors (Lipinski definition) is 3. The highest BCUT2D eigenvalue weighted by Crippen LogP contribution is 2.29. The first kappa shape index (κ1) is 17.2. The number of halogens is 2. The Hall–Kier alpha value is -2.60. The van der Waals surface area contributed by atoms with Crippen LogP contribution in [0.4, 0.5) is 4.39 Å². The number of carbonyl (C=O) groups is 1. The minimum Gasteiger partial charge on any atom is -0.508 e. The van der Waals surface area contributed by atoms with Crippen LogP contribution in [0.1, 0.15) is 13.8 Å². The molecule has 1 unspecified atom stereocenters. The second kappa shape index (κ2) is 6.72. The van der Waals surface area contributed by atoms with Gasteiger partial charge in [0.05, 0.1) is 16.1 Å². The maximum Gasteiger partial charge on any atom is 0.217 e. The average molecular weight is 362 g/mol. The number of hydrogen-bond donors (Lipinski definition) is 2. The number of nitrogens with zero attached hydrogens (tertiary/aromatic N) is 2. The molecule has 3 rings (SSSR count). The molecule has 0 aliphatic carbocycles. The molecule has 3 aromatic rings. The first-order valence-electron chi connectivity index (χ1n) is 7.77. The maximum atomic E-state index is 13.5. The first-order valence-corrected chi connectivity index (χ1v) is 8.14. The predicted octanol–water partition coefficient (Wildman–Crippen LogP) is 3.73. The average Bonchev–Trinajstić information content (AvgIpc) is 2.87. The zero-order chi connectivity index (χ0) is 18.1. The van der Waals surface area contributed by atoms with E-state index in [1.165, 1.54) is 19.1 Å². The van der Waals surface area contributed by atoms with E-state index in [0.717, 1.165) is 5.52 Å². The molecule has 7 heteroatoms. The molecule has 0 radical (unpaired) electrons. The standard InChI is InChI=1S/C18H17ClFN3O2/c1-10(21-11(2)24)9-23-17-6-4-13(25)8-16(17)22-18(23)12-3-5-15(20)14(19)7-12/h3-8,10,25H,9H2,1-2H3,(H,21,24). The number of rotatable bonds is 4.